The van der Waals surface area contributed by atoms with Crippen LogP contribution in [-0.4, -0.2) is 52.5 Å². The fourth-order valence-electron chi connectivity index (χ4n) is 6.80. The molecular weight excluding hydrogens is 485 g/mol. The molecule has 5 aliphatic rings. The molecule has 2 N–H and O–H groups in total. The number of halogens is 2. The summed E-state index contributed by atoms with van der Waals surface area (Å²) in [5.41, 5.74) is -0.827. The number of benzene rings is 1. The number of hydrogen-bond donors (Lipinski definition) is 2. The molecule has 1 spiro atoms. The molecular formula is C27H31ClFN3O4. The van der Waals surface area contributed by atoms with Gasteiger partial charge in [0.15, 0.2) is 0 Å². The largest absolute Gasteiger partial charge is 0.359 e. The Morgan fingerprint density at radius 1 is 1.17 bits per heavy atom. The van der Waals surface area contributed by atoms with Crippen LogP contribution in [0.5, 0.6) is 0 Å². The highest BCUT2D eigenvalue weighted by Crippen LogP contribution is 2.57. The smallest absolute Gasteiger partial charge is 0.246 e. The number of hydrogen-bond acceptors (Lipinski definition) is 4. The number of carbonyl (C=O) groups is 3. The summed E-state index contributed by atoms with van der Waals surface area (Å²) >= 11 is 5.88. The second-order valence-corrected chi connectivity index (χ2v) is 11.6. The Balaban J connectivity index is 1.28. The molecule has 9 heteroatoms. The Bertz CT molecular complexity index is 1160. The molecule has 3 amide bonds. The van der Waals surface area contributed by atoms with Crippen molar-refractivity contribution in [3.63, 3.8) is 0 Å². The first-order chi connectivity index (χ1) is 17.2. The van der Waals surface area contributed by atoms with Gasteiger partial charge < -0.3 is 20.3 Å². The van der Waals surface area contributed by atoms with Gasteiger partial charge >= 0.3 is 0 Å². The van der Waals surface area contributed by atoms with Gasteiger partial charge in [-0.05, 0) is 49.3 Å². The lowest BCUT2D eigenvalue weighted by atomic mass is 9.73. The summed E-state index contributed by atoms with van der Waals surface area (Å²) in [7, 11) is 0. The minimum atomic E-state index is -1.17. The van der Waals surface area contributed by atoms with Crippen molar-refractivity contribution >= 4 is 35.0 Å². The molecule has 36 heavy (non-hydrogen) atoms. The van der Waals surface area contributed by atoms with E-state index in [9.17, 15) is 18.8 Å². The van der Waals surface area contributed by atoms with E-state index in [-0.39, 0.29) is 28.9 Å². The number of amides is 3. The summed E-state index contributed by atoms with van der Waals surface area (Å²) in [4.78, 5) is 42.8. The summed E-state index contributed by atoms with van der Waals surface area (Å²) in [6.45, 7) is 4.39. The van der Waals surface area contributed by atoms with E-state index >= 15 is 0 Å². The normalized spacial score (nSPS) is 38.8. The molecule has 6 rings (SSSR count). The molecule has 2 bridgehead atoms. The average Bonchev–Trinajstić information content (AvgIpc) is 3.43. The third-order valence-electron chi connectivity index (χ3n) is 9.02. The quantitative estimate of drug-likeness (QED) is 0.586. The summed E-state index contributed by atoms with van der Waals surface area (Å²) in [5, 5.41) is 5.93. The number of nitrogens with zero attached hydrogens (tertiary/aromatic N) is 1. The Kier molecular flexibility index (Phi) is 5.68. The van der Waals surface area contributed by atoms with Crippen molar-refractivity contribution in [1.29, 1.82) is 0 Å². The van der Waals surface area contributed by atoms with Crippen molar-refractivity contribution in [2.75, 3.05) is 5.32 Å². The maximum Gasteiger partial charge on any atom is 0.246 e. The molecule has 2 aliphatic carbocycles. The zero-order valence-corrected chi connectivity index (χ0v) is 21.1. The molecule has 1 aromatic rings. The van der Waals surface area contributed by atoms with E-state index in [2.05, 4.69) is 24.5 Å². The molecule has 0 unspecified atom stereocenters. The van der Waals surface area contributed by atoms with E-state index in [4.69, 9.17) is 16.3 Å². The van der Waals surface area contributed by atoms with Crippen LogP contribution in [0.2, 0.25) is 5.02 Å². The van der Waals surface area contributed by atoms with Crippen molar-refractivity contribution in [2.45, 2.75) is 75.8 Å². The summed E-state index contributed by atoms with van der Waals surface area (Å²) in [6.07, 6.45) is 7.84. The first-order valence-electron chi connectivity index (χ1n) is 13.0. The fraction of sp³-hybridized carbons (Fsp3) is 0.593. The molecule has 2 saturated heterocycles. The highest BCUT2D eigenvalue weighted by molar-refractivity contribution is 6.31. The summed E-state index contributed by atoms with van der Waals surface area (Å²) in [6, 6.07) is 3.19. The van der Waals surface area contributed by atoms with Gasteiger partial charge in [0.1, 0.15) is 17.5 Å². The first-order valence-corrected chi connectivity index (χ1v) is 13.3. The second kappa shape index (κ2) is 8.55. The average molecular weight is 516 g/mol. The third kappa shape index (κ3) is 3.59. The van der Waals surface area contributed by atoms with Gasteiger partial charge in [-0.3, -0.25) is 14.4 Å². The number of anilines is 1. The van der Waals surface area contributed by atoms with Gasteiger partial charge in [-0.15, -0.1) is 0 Å². The van der Waals surface area contributed by atoms with Gasteiger partial charge in [0.05, 0.1) is 23.0 Å². The van der Waals surface area contributed by atoms with E-state index in [0.717, 1.165) is 32.1 Å². The minimum absolute atomic E-state index is 0.00778. The van der Waals surface area contributed by atoms with Crippen molar-refractivity contribution in [2.24, 2.45) is 23.7 Å². The van der Waals surface area contributed by atoms with Crippen LogP contribution < -0.4 is 10.6 Å². The van der Waals surface area contributed by atoms with Crippen LogP contribution in [0.1, 0.15) is 46.0 Å². The lowest BCUT2D eigenvalue weighted by Gasteiger charge is -2.38. The molecule has 1 aromatic carbocycles. The van der Waals surface area contributed by atoms with Crippen LogP contribution in [0.25, 0.3) is 0 Å². The maximum atomic E-state index is 13.8. The predicted octanol–water partition coefficient (Wildman–Crippen LogP) is 3.67. The first kappa shape index (κ1) is 23.9. The summed E-state index contributed by atoms with van der Waals surface area (Å²) < 4.78 is 19.9. The van der Waals surface area contributed by atoms with Gasteiger partial charge in [0.25, 0.3) is 0 Å². The monoisotopic (exact) mass is 515 g/mol. The molecule has 4 fully saturated rings. The lowest BCUT2D eigenvalue weighted by Crippen LogP contribution is -2.58. The zero-order chi connectivity index (χ0) is 25.4. The van der Waals surface area contributed by atoms with Crippen molar-refractivity contribution < 1.29 is 23.5 Å². The highest BCUT2D eigenvalue weighted by Gasteiger charge is 2.74. The molecule has 3 heterocycles. The van der Waals surface area contributed by atoms with Gasteiger partial charge in [0.2, 0.25) is 17.7 Å². The molecule has 8 atom stereocenters. The molecule has 3 aliphatic heterocycles. The minimum Gasteiger partial charge on any atom is -0.359 e. The summed E-state index contributed by atoms with van der Waals surface area (Å²) in [5.74, 6) is -2.10. The highest BCUT2D eigenvalue weighted by atomic mass is 35.5. The standard InChI is InChI=1S/C27H31ClFN3O4/c1-13-4-3-5-19(14(13)2)31-25(34)23-27-11-10-20(36-27)21(22(27)26(35)32(23)16-7-8-16)24(33)30-15-6-9-18(29)17(28)12-15/h6,9-14,16,19-23H,3-5,7-8H2,1-2H3,(H,30,33)(H,31,34)/t13-,14-,19+,20+,21+,22+,23+,27+/m1/s1. The maximum absolute atomic E-state index is 13.8. The second-order valence-electron chi connectivity index (χ2n) is 11.2. The third-order valence-corrected chi connectivity index (χ3v) is 9.31. The Labute approximate surface area is 214 Å². The Hall–Kier alpha value is -2.45. The Morgan fingerprint density at radius 2 is 1.94 bits per heavy atom. The van der Waals surface area contributed by atoms with E-state index in [0.29, 0.717) is 17.5 Å². The SMILES string of the molecule is C[C@@H]1[C@H](C)CCC[C@@H]1NC(=O)[C@@H]1N(C2CC2)C(=O)[C@@H]2[C@@H](C(=O)Nc3ccc(F)c(Cl)c3)[C@@H]3C=C[C@]21O3. The zero-order valence-electron chi connectivity index (χ0n) is 20.4. The topological polar surface area (TPSA) is 87.7 Å². The molecule has 192 valence electrons. The molecule has 0 aromatic heterocycles. The van der Waals surface area contributed by atoms with Gasteiger partial charge in [-0.1, -0.05) is 50.4 Å². The predicted molar refractivity (Wildman–Crippen MR) is 132 cm³/mol. The van der Waals surface area contributed by atoms with Crippen molar-refractivity contribution in [3.8, 4) is 0 Å². The molecule has 2 saturated carbocycles. The number of carbonyl (C=O) groups excluding carboxylic acids is 3. The fourth-order valence-corrected chi connectivity index (χ4v) is 6.98. The van der Waals surface area contributed by atoms with E-state index in [1.165, 1.54) is 18.2 Å². The number of nitrogens with one attached hydrogen (secondary N) is 2. The van der Waals surface area contributed by atoms with Crippen LogP contribution in [0, 0.1) is 29.5 Å². The number of fused-ring (bicyclic) bond motifs is 1. The molecule has 0 radical (unpaired) electrons. The van der Waals surface area contributed by atoms with Crippen LogP contribution >= 0.6 is 11.6 Å². The van der Waals surface area contributed by atoms with Crippen molar-refractivity contribution in [1.82, 2.24) is 10.2 Å². The molecule has 7 nitrogen and oxygen atoms in total. The van der Waals surface area contributed by atoms with Gasteiger partial charge in [-0.25, -0.2) is 4.39 Å². The van der Waals surface area contributed by atoms with E-state index in [1.807, 2.05) is 6.08 Å². The van der Waals surface area contributed by atoms with Gasteiger partial charge in [-0.2, -0.15) is 0 Å². The number of likely N-dealkylation sites (tertiary alicyclic amines) is 1. The van der Waals surface area contributed by atoms with E-state index < -0.39 is 41.3 Å². The van der Waals surface area contributed by atoms with E-state index in [1.54, 1.807) is 11.0 Å². The Morgan fingerprint density at radius 3 is 2.67 bits per heavy atom. The lowest BCUT2D eigenvalue weighted by molar-refractivity contribution is -0.142. The van der Waals surface area contributed by atoms with Crippen LogP contribution in [-0.2, 0) is 19.1 Å². The van der Waals surface area contributed by atoms with Gasteiger partial charge in [0, 0.05) is 17.8 Å². The number of ether oxygens (including phenoxy) is 1. The van der Waals surface area contributed by atoms with Crippen LogP contribution in [0.3, 0.4) is 0 Å². The van der Waals surface area contributed by atoms with Crippen molar-refractivity contribution in [3.05, 3.63) is 41.2 Å². The van der Waals surface area contributed by atoms with Crippen LogP contribution in [0.15, 0.2) is 30.4 Å². The number of rotatable bonds is 5. The van der Waals surface area contributed by atoms with Crippen LogP contribution in [0.4, 0.5) is 10.1 Å².